The van der Waals surface area contributed by atoms with Crippen molar-refractivity contribution in [2.45, 2.75) is 91.0 Å². The molecule has 1 aromatic carbocycles. The van der Waals surface area contributed by atoms with Gasteiger partial charge in [-0.25, -0.2) is 9.59 Å². The number of hydrogen-bond acceptors (Lipinski definition) is 7. The molecule has 0 aromatic heterocycles. The second kappa shape index (κ2) is 16.4. The van der Waals surface area contributed by atoms with Crippen molar-refractivity contribution in [1.82, 2.24) is 21.3 Å². The van der Waals surface area contributed by atoms with Crippen molar-refractivity contribution >= 4 is 29.8 Å². The van der Waals surface area contributed by atoms with Crippen LogP contribution in [0.5, 0.6) is 0 Å². The Bertz CT molecular complexity index is 960. The Labute approximate surface area is 231 Å². The molecule has 0 heterocycles. The number of carbonyl (C=O) groups is 5. The van der Waals surface area contributed by atoms with Crippen LogP contribution in [-0.2, 0) is 35.1 Å². The van der Waals surface area contributed by atoms with Gasteiger partial charge in [0.05, 0.1) is 6.61 Å². The third kappa shape index (κ3) is 13.6. The van der Waals surface area contributed by atoms with Crippen LogP contribution in [0.25, 0.3) is 0 Å². The molecule has 0 unspecified atom stereocenters. The predicted molar refractivity (Wildman–Crippen MR) is 147 cm³/mol. The minimum atomic E-state index is -1.09. The van der Waals surface area contributed by atoms with Crippen LogP contribution in [0.3, 0.4) is 0 Å². The molecule has 0 radical (unpaired) electrons. The Kier molecular flexibility index (Phi) is 14.0. The summed E-state index contributed by atoms with van der Waals surface area (Å²) in [4.78, 5) is 63.5. The summed E-state index contributed by atoms with van der Waals surface area (Å²) in [5.74, 6) is -2.11. The summed E-state index contributed by atoms with van der Waals surface area (Å²) in [5, 5.41) is 10.5. The van der Waals surface area contributed by atoms with Gasteiger partial charge >= 0.3 is 12.1 Å². The topological polar surface area (TPSA) is 152 Å². The van der Waals surface area contributed by atoms with Crippen LogP contribution in [0, 0.1) is 5.92 Å². The lowest BCUT2D eigenvalue weighted by Gasteiger charge is -2.27. The Morgan fingerprint density at radius 3 is 2.00 bits per heavy atom. The highest BCUT2D eigenvalue weighted by molar-refractivity contribution is 5.93. The molecule has 0 aliphatic carbocycles. The molecule has 11 nitrogen and oxygen atoms in total. The first-order valence-corrected chi connectivity index (χ1v) is 13.3. The Morgan fingerprint density at radius 1 is 0.872 bits per heavy atom. The number of alkyl carbamates (subject to hydrolysis) is 1. The average Bonchev–Trinajstić information content (AvgIpc) is 2.84. The van der Waals surface area contributed by atoms with E-state index >= 15 is 0 Å². The molecule has 0 aliphatic heterocycles. The molecule has 0 fully saturated rings. The first-order valence-electron chi connectivity index (χ1n) is 13.3. The molecule has 39 heavy (non-hydrogen) atoms. The Morgan fingerprint density at radius 2 is 1.46 bits per heavy atom. The molecule has 4 amide bonds. The number of nitrogens with one attached hydrogen (secondary N) is 4. The van der Waals surface area contributed by atoms with Gasteiger partial charge in [0.1, 0.15) is 23.7 Å². The van der Waals surface area contributed by atoms with Gasteiger partial charge in [-0.3, -0.25) is 14.4 Å². The minimum Gasteiger partial charge on any atom is -0.464 e. The Balaban J connectivity index is 3.17. The summed E-state index contributed by atoms with van der Waals surface area (Å²) in [6.07, 6.45) is -0.297. The number of esters is 1. The maximum Gasteiger partial charge on any atom is 0.408 e. The van der Waals surface area contributed by atoms with Gasteiger partial charge in [0, 0.05) is 19.9 Å². The third-order valence-electron chi connectivity index (χ3n) is 5.46. The maximum atomic E-state index is 13.4. The summed E-state index contributed by atoms with van der Waals surface area (Å²) in [6.45, 7) is 10.7. The maximum absolute atomic E-state index is 13.4. The molecule has 0 aliphatic rings. The van der Waals surface area contributed by atoms with E-state index in [9.17, 15) is 24.0 Å². The van der Waals surface area contributed by atoms with Gasteiger partial charge in [0.15, 0.2) is 0 Å². The number of hydrogen-bond donors (Lipinski definition) is 4. The Hall–Kier alpha value is -3.63. The van der Waals surface area contributed by atoms with Crippen molar-refractivity contribution in [2.24, 2.45) is 5.92 Å². The van der Waals surface area contributed by atoms with Crippen molar-refractivity contribution in [3.05, 3.63) is 35.9 Å². The second-order valence-corrected chi connectivity index (χ2v) is 10.6. The lowest BCUT2D eigenvalue weighted by atomic mass is 10.0. The van der Waals surface area contributed by atoms with Crippen LogP contribution in [0.4, 0.5) is 4.79 Å². The molecule has 0 bridgehead atoms. The molecule has 0 saturated heterocycles. The van der Waals surface area contributed by atoms with Gasteiger partial charge in [0.25, 0.3) is 0 Å². The molecule has 4 N–H and O–H groups in total. The highest BCUT2D eigenvalue weighted by Crippen LogP contribution is 2.11. The zero-order valence-electron chi connectivity index (χ0n) is 24.1. The van der Waals surface area contributed by atoms with Crippen molar-refractivity contribution in [1.29, 1.82) is 0 Å². The minimum absolute atomic E-state index is 0.00770. The monoisotopic (exact) mass is 548 g/mol. The van der Waals surface area contributed by atoms with Crippen molar-refractivity contribution in [3.8, 4) is 0 Å². The largest absolute Gasteiger partial charge is 0.464 e. The fourth-order valence-electron chi connectivity index (χ4n) is 3.65. The molecular formula is C28H44N4O7. The van der Waals surface area contributed by atoms with Crippen molar-refractivity contribution in [2.75, 3.05) is 13.7 Å². The van der Waals surface area contributed by atoms with Crippen LogP contribution in [-0.4, -0.2) is 67.2 Å². The van der Waals surface area contributed by atoms with Gasteiger partial charge < -0.3 is 30.7 Å². The number of carbonyl (C=O) groups excluding carboxylic acids is 5. The summed E-state index contributed by atoms with van der Waals surface area (Å²) in [7, 11) is 1.48. The van der Waals surface area contributed by atoms with Crippen molar-refractivity contribution in [3.63, 3.8) is 0 Å². The number of rotatable bonds is 14. The highest BCUT2D eigenvalue weighted by atomic mass is 16.6. The van der Waals surface area contributed by atoms with E-state index in [0.29, 0.717) is 6.42 Å². The van der Waals surface area contributed by atoms with Crippen molar-refractivity contribution < 1.29 is 33.4 Å². The molecule has 1 aromatic rings. The highest BCUT2D eigenvalue weighted by Gasteiger charge is 2.31. The molecule has 0 saturated carbocycles. The fraction of sp³-hybridized carbons (Fsp3) is 0.607. The van der Waals surface area contributed by atoms with E-state index in [1.807, 2.05) is 44.2 Å². The molecular weight excluding hydrogens is 504 g/mol. The van der Waals surface area contributed by atoms with E-state index in [0.717, 1.165) is 5.56 Å². The van der Waals surface area contributed by atoms with E-state index in [1.54, 1.807) is 27.7 Å². The number of benzene rings is 1. The van der Waals surface area contributed by atoms with E-state index < -0.39 is 47.6 Å². The normalized spacial score (nSPS) is 13.4. The summed E-state index contributed by atoms with van der Waals surface area (Å²) in [6, 6.07) is 5.95. The van der Waals surface area contributed by atoms with Gasteiger partial charge in [-0.1, -0.05) is 44.2 Å². The van der Waals surface area contributed by atoms with Gasteiger partial charge in [-0.2, -0.15) is 0 Å². The average molecular weight is 549 g/mol. The molecule has 0 spiro atoms. The van der Waals surface area contributed by atoms with Crippen LogP contribution < -0.4 is 21.3 Å². The standard InChI is InChI=1S/C28H44N4O7/c1-8-38-26(36)20(14-15-23(33)29-7)30-25(35)22(17-19-12-10-9-11-13-19)31-24(34)21(16-18(2)3)32-27(37)39-28(4,5)6/h9-13,18,20-22H,8,14-17H2,1-7H3,(H,29,33)(H,30,35)(H,31,34)(H,32,37)/t20-,21-,22-/m0/s1. The van der Waals surface area contributed by atoms with Gasteiger partial charge in [-0.15, -0.1) is 0 Å². The van der Waals surface area contributed by atoms with E-state index in [4.69, 9.17) is 9.47 Å². The molecule has 3 atom stereocenters. The first kappa shape index (κ1) is 33.4. The van der Waals surface area contributed by atoms with E-state index in [2.05, 4.69) is 21.3 Å². The van der Waals surface area contributed by atoms with Crippen LogP contribution in [0.2, 0.25) is 0 Å². The second-order valence-electron chi connectivity index (χ2n) is 10.6. The van der Waals surface area contributed by atoms with Crippen LogP contribution in [0.1, 0.15) is 66.4 Å². The fourth-order valence-corrected chi connectivity index (χ4v) is 3.65. The van der Waals surface area contributed by atoms with Gasteiger partial charge in [-0.05, 0) is 52.0 Å². The van der Waals surface area contributed by atoms with E-state index in [1.165, 1.54) is 7.05 Å². The quantitative estimate of drug-likeness (QED) is 0.260. The SMILES string of the molecule is CCOC(=O)[C@H](CCC(=O)NC)NC(=O)[C@H](Cc1ccccc1)NC(=O)[C@H](CC(C)C)NC(=O)OC(C)(C)C. The van der Waals surface area contributed by atoms with Crippen LogP contribution in [0.15, 0.2) is 30.3 Å². The lowest BCUT2D eigenvalue weighted by Crippen LogP contribution is -2.57. The summed E-state index contributed by atoms with van der Waals surface area (Å²) < 4.78 is 10.4. The number of amides is 4. The zero-order chi connectivity index (χ0) is 29.6. The van der Waals surface area contributed by atoms with Gasteiger partial charge in [0.2, 0.25) is 17.7 Å². The van der Waals surface area contributed by atoms with E-state index in [-0.39, 0.29) is 37.7 Å². The summed E-state index contributed by atoms with van der Waals surface area (Å²) >= 11 is 0. The molecule has 218 valence electrons. The first-order chi connectivity index (χ1) is 18.2. The lowest BCUT2D eigenvalue weighted by molar-refractivity contribution is -0.148. The predicted octanol–water partition coefficient (Wildman–Crippen LogP) is 2.23. The van der Waals surface area contributed by atoms with Crippen LogP contribution >= 0.6 is 0 Å². The third-order valence-corrected chi connectivity index (χ3v) is 5.46. The summed E-state index contributed by atoms with van der Waals surface area (Å²) in [5.41, 5.74) is 0.0200. The smallest absolute Gasteiger partial charge is 0.408 e. The zero-order valence-corrected chi connectivity index (χ0v) is 24.1. The number of ether oxygens (including phenoxy) is 2. The molecule has 11 heteroatoms. The molecule has 1 rings (SSSR count).